The first-order valence-corrected chi connectivity index (χ1v) is 10.1. The third kappa shape index (κ3) is 4.16. The zero-order valence-electron chi connectivity index (χ0n) is 16.9. The van der Waals surface area contributed by atoms with Crippen molar-refractivity contribution in [3.8, 4) is 0 Å². The number of aromatic nitrogens is 4. The van der Waals surface area contributed by atoms with Crippen LogP contribution in [0.15, 0.2) is 24.3 Å². The van der Waals surface area contributed by atoms with E-state index in [0.717, 1.165) is 10.2 Å². The topological polar surface area (TPSA) is 66.6 Å². The molecule has 1 aliphatic rings. The van der Waals surface area contributed by atoms with E-state index in [-0.39, 0.29) is 18.1 Å². The Morgan fingerprint density at radius 3 is 2.42 bits per heavy atom. The molecule has 11 heteroatoms. The molecule has 31 heavy (non-hydrogen) atoms. The minimum absolute atomic E-state index is 0.0356. The fraction of sp³-hybridized carbons (Fsp3) is 0.400. The molecule has 0 unspecified atom stereocenters. The van der Waals surface area contributed by atoms with Crippen LogP contribution in [-0.2, 0) is 17.4 Å². The van der Waals surface area contributed by atoms with Gasteiger partial charge >= 0.3 is 6.18 Å². The summed E-state index contributed by atoms with van der Waals surface area (Å²) in [5.74, 6) is -1.49. The van der Waals surface area contributed by atoms with Crippen LogP contribution in [-0.4, -0.2) is 56.6 Å². The third-order valence-electron chi connectivity index (χ3n) is 5.46. The number of fused-ring (bicyclic) bond motifs is 1. The number of aryl methyl sites for hydroxylation is 2. The van der Waals surface area contributed by atoms with Crippen LogP contribution in [0.3, 0.4) is 0 Å². The zero-order chi connectivity index (χ0) is 22.3. The maximum atomic E-state index is 13.0. The average molecular weight is 453 g/mol. The molecule has 0 spiro atoms. The average Bonchev–Trinajstić information content (AvgIpc) is 3.16. The highest BCUT2D eigenvalue weighted by molar-refractivity contribution is 6.33. The van der Waals surface area contributed by atoms with Crippen molar-refractivity contribution in [3.63, 3.8) is 0 Å². The highest BCUT2D eigenvalue weighted by Gasteiger charge is 2.37. The van der Waals surface area contributed by atoms with E-state index in [0.29, 0.717) is 48.2 Å². The molecule has 7 nitrogen and oxygen atoms in total. The van der Waals surface area contributed by atoms with Crippen molar-refractivity contribution in [1.29, 1.82) is 0 Å². The molecule has 1 aliphatic heterocycles. The minimum Gasteiger partial charge on any atom is -0.367 e. The lowest BCUT2D eigenvalue weighted by atomic mass is 10.1. The SMILES string of the molecule is Cc1nc2nc(C(F)(F)F)nn2c(C)c1CC(=O)N1CCN(c2ccccc2Cl)CC1. The standard InChI is InChI=1S/C20H20ClF3N6O/c1-12-14(13(2)30-19(25-12)26-18(27-30)20(22,23)24)11-17(31)29-9-7-28(8-10-29)16-6-4-3-5-15(16)21/h3-6H,7-11H2,1-2H3. The van der Waals surface area contributed by atoms with Gasteiger partial charge in [-0.1, -0.05) is 23.7 Å². The normalized spacial score (nSPS) is 15.0. The van der Waals surface area contributed by atoms with Gasteiger partial charge < -0.3 is 9.80 Å². The Hall–Kier alpha value is -2.88. The van der Waals surface area contributed by atoms with Gasteiger partial charge in [0.15, 0.2) is 0 Å². The molecule has 1 amide bonds. The Labute approximate surface area is 181 Å². The number of halogens is 4. The number of piperazine rings is 1. The fourth-order valence-corrected chi connectivity index (χ4v) is 4.01. The minimum atomic E-state index is -4.66. The number of para-hydroxylation sites is 1. The number of carbonyl (C=O) groups is 1. The molecule has 3 aromatic rings. The van der Waals surface area contributed by atoms with Gasteiger partial charge in [0.05, 0.1) is 17.1 Å². The number of hydrogen-bond acceptors (Lipinski definition) is 5. The van der Waals surface area contributed by atoms with Crippen molar-refractivity contribution < 1.29 is 18.0 Å². The number of amides is 1. The molecule has 1 aromatic carbocycles. The number of alkyl halides is 3. The summed E-state index contributed by atoms with van der Waals surface area (Å²) in [5.41, 5.74) is 2.39. The second-order valence-corrected chi connectivity index (χ2v) is 7.81. The number of rotatable bonds is 3. The number of carbonyl (C=O) groups excluding carboxylic acids is 1. The van der Waals surface area contributed by atoms with Gasteiger partial charge in [-0.05, 0) is 26.0 Å². The lowest BCUT2D eigenvalue weighted by Gasteiger charge is -2.36. The van der Waals surface area contributed by atoms with E-state index in [9.17, 15) is 18.0 Å². The summed E-state index contributed by atoms with van der Waals surface area (Å²) < 4.78 is 39.9. The first-order chi connectivity index (χ1) is 14.6. The Balaban J connectivity index is 1.49. The monoisotopic (exact) mass is 452 g/mol. The zero-order valence-corrected chi connectivity index (χ0v) is 17.7. The highest BCUT2D eigenvalue weighted by Crippen LogP contribution is 2.28. The van der Waals surface area contributed by atoms with Gasteiger partial charge in [-0.15, -0.1) is 5.10 Å². The van der Waals surface area contributed by atoms with Crippen molar-refractivity contribution in [2.75, 3.05) is 31.1 Å². The molecule has 0 bridgehead atoms. The van der Waals surface area contributed by atoms with Gasteiger partial charge in [0.25, 0.3) is 11.6 Å². The van der Waals surface area contributed by atoms with Crippen molar-refractivity contribution >= 4 is 29.0 Å². The second-order valence-electron chi connectivity index (χ2n) is 7.40. The maximum Gasteiger partial charge on any atom is 0.453 e. The first-order valence-electron chi connectivity index (χ1n) is 9.72. The summed E-state index contributed by atoms with van der Waals surface area (Å²) in [4.78, 5) is 24.4. The number of hydrogen-bond donors (Lipinski definition) is 0. The van der Waals surface area contributed by atoms with Crippen LogP contribution in [0.4, 0.5) is 18.9 Å². The van der Waals surface area contributed by atoms with Crippen molar-refractivity contribution in [3.05, 3.63) is 52.1 Å². The summed E-state index contributed by atoms with van der Waals surface area (Å²) in [7, 11) is 0. The van der Waals surface area contributed by atoms with E-state index < -0.39 is 12.0 Å². The molecule has 0 N–H and O–H groups in total. The molecular formula is C20H20ClF3N6O. The quantitative estimate of drug-likeness (QED) is 0.610. The van der Waals surface area contributed by atoms with E-state index in [1.54, 1.807) is 18.7 Å². The van der Waals surface area contributed by atoms with E-state index in [1.165, 1.54) is 0 Å². The van der Waals surface area contributed by atoms with Crippen LogP contribution in [0.25, 0.3) is 5.78 Å². The molecule has 0 saturated carbocycles. The molecule has 0 aliphatic carbocycles. The summed E-state index contributed by atoms with van der Waals surface area (Å²) in [6, 6.07) is 7.56. The van der Waals surface area contributed by atoms with E-state index in [1.807, 2.05) is 24.3 Å². The molecule has 1 saturated heterocycles. The Morgan fingerprint density at radius 2 is 1.77 bits per heavy atom. The van der Waals surface area contributed by atoms with Gasteiger partial charge in [-0.25, -0.2) is 9.50 Å². The summed E-state index contributed by atoms with van der Waals surface area (Å²) in [5, 5.41) is 4.20. The molecule has 164 valence electrons. The molecule has 1 fully saturated rings. The van der Waals surface area contributed by atoms with E-state index in [2.05, 4.69) is 20.0 Å². The smallest absolute Gasteiger partial charge is 0.367 e. The molecule has 3 heterocycles. The van der Waals surface area contributed by atoms with E-state index >= 15 is 0 Å². The molecule has 0 radical (unpaired) electrons. The highest BCUT2D eigenvalue weighted by atomic mass is 35.5. The first kappa shape index (κ1) is 21.4. The lowest BCUT2D eigenvalue weighted by Crippen LogP contribution is -2.49. The van der Waals surface area contributed by atoms with Gasteiger partial charge in [0.1, 0.15) is 0 Å². The van der Waals surface area contributed by atoms with Crippen LogP contribution in [0, 0.1) is 13.8 Å². The largest absolute Gasteiger partial charge is 0.453 e. The number of benzene rings is 1. The molecule has 0 atom stereocenters. The van der Waals surface area contributed by atoms with Crippen LogP contribution < -0.4 is 4.90 Å². The van der Waals surface area contributed by atoms with Gasteiger partial charge in [-0.2, -0.15) is 18.2 Å². The van der Waals surface area contributed by atoms with Crippen molar-refractivity contribution in [1.82, 2.24) is 24.5 Å². The number of anilines is 1. The van der Waals surface area contributed by atoms with Gasteiger partial charge in [-0.3, -0.25) is 4.79 Å². The number of nitrogens with zero attached hydrogens (tertiary/aromatic N) is 6. The molecule has 4 rings (SSSR count). The van der Waals surface area contributed by atoms with Crippen LogP contribution in [0.1, 0.15) is 22.8 Å². The van der Waals surface area contributed by atoms with Crippen LogP contribution >= 0.6 is 11.6 Å². The van der Waals surface area contributed by atoms with Crippen LogP contribution in [0.2, 0.25) is 5.02 Å². The fourth-order valence-electron chi connectivity index (χ4n) is 3.75. The summed E-state index contributed by atoms with van der Waals surface area (Å²) in [6.45, 7) is 5.62. The Kier molecular flexibility index (Phi) is 5.50. The lowest BCUT2D eigenvalue weighted by molar-refractivity contribution is -0.144. The predicted octanol–water partition coefficient (Wildman–Crippen LogP) is 3.30. The van der Waals surface area contributed by atoms with Gasteiger partial charge in [0, 0.05) is 43.1 Å². The van der Waals surface area contributed by atoms with Gasteiger partial charge in [0.2, 0.25) is 5.91 Å². The Morgan fingerprint density at radius 1 is 1.10 bits per heavy atom. The third-order valence-corrected chi connectivity index (χ3v) is 5.78. The maximum absolute atomic E-state index is 13.0. The van der Waals surface area contributed by atoms with E-state index in [4.69, 9.17) is 11.6 Å². The Bertz CT molecular complexity index is 1140. The van der Waals surface area contributed by atoms with Crippen molar-refractivity contribution in [2.45, 2.75) is 26.4 Å². The second kappa shape index (κ2) is 7.99. The molecule has 2 aromatic heterocycles. The molecular weight excluding hydrogens is 433 g/mol. The predicted molar refractivity (Wildman–Crippen MR) is 109 cm³/mol. The van der Waals surface area contributed by atoms with Crippen molar-refractivity contribution in [2.24, 2.45) is 0 Å². The summed E-state index contributed by atoms with van der Waals surface area (Å²) in [6.07, 6.45) is -4.63. The van der Waals surface area contributed by atoms with Crippen LogP contribution in [0.5, 0.6) is 0 Å². The summed E-state index contributed by atoms with van der Waals surface area (Å²) >= 11 is 6.26.